The van der Waals surface area contributed by atoms with Crippen LogP contribution in [0.3, 0.4) is 0 Å². The number of nitrogens with zero attached hydrogens (tertiary/aromatic N) is 3. The van der Waals surface area contributed by atoms with E-state index in [1.807, 2.05) is 46.3 Å². The van der Waals surface area contributed by atoms with Gasteiger partial charge in [-0.05, 0) is 39.5 Å². The Morgan fingerprint density at radius 3 is 2.65 bits per heavy atom. The standard InChI is InChI=1S/C12H8BrN3S/c13-10-6-7-17-11(10)12-15-14-8-16(12)9-4-2-1-3-5-9/h1-8H. The number of hydrogen-bond donors (Lipinski definition) is 0. The first-order chi connectivity index (χ1) is 8.36. The van der Waals surface area contributed by atoms with E-state index in [0.717, 1.165) is 20.9 Å². The van der Waals surface area contributed by atoms with Crippen molar-refractivity contribution in [1.29, 1.82) is 0 Å². The molecule has 0 radical (unpaired) electrons. The quantitative estimate of drug-likeness (QED) is 0.722. The Bertz CT molecular complexity index is 630. The smallest absolute Gasteiger partial charge is 0.179 e. The molecule has 5 heteroatoms. The molecule has 3 aromatic rings. The third-order valence-corrected chi connectivity index (χ3v) is 4.24. The summed E-state index contributed by atoms with van der Waals surface area (Å²) in [6, 6.07) is 12.1. The maximum atomic E-state index is 4.19. The van der Waals surface area contributed by atoms with Gasteiger partial charge in [0.05, 0.1) is 4.88 Å². The van der Waals surface area contributed by atoms with Crippen molar-refractivity contribution in [3.05, 3.63) is 52.6 Å². The maximum absolute atomic E-state index is 4.19. The maximum Gasteiger partial charge on any atom is 0.179 e. The van der Waals surface area contributed by atoms with E-state index in [4.69, 9.17) is 0 Å². The number of thiophene rings is 1. The fourth-order valence-corrected chi connectivity index (χ4v) is 3.15. The van der Waals surface area contributed by atoms with Crippen LogP contribution in [-0.2, 0) is 0 Å². The molecule has 0 unspecified atom stereocenters. The number of aromatic nitrogens is 3. The molecule has 0 atom stereocenters. The lowest BCUT2D eigenvalue weighted by atomic mass is 10.3. The third-order valence-electron chi connectivity index (χ3n) is 2.40. The predicted octanol–water partition coefficient (Wildman–Crippen LogP) is 3.76. The van der Waals surface area contributed by atoms with Gasteiger partial charge in [-0.2, -0.15) is 0 Å². The minimum absolute atomic E-state index is 0.859. The van der Waals surface area contributed by atoms with E-state index in [9.17, 15) is 0 Å². The molecule has 3 nitrogen and oxygen atoms in total. The van der Waals surface area contributed by atoms with E-state index in [0.29, 0.717) is 0 Å². The van der Waals surface area contributed by atoms with Gasteiger partial charge in [-0.15, -0.1) is 21.5 Å². The summed E-state index contributed by atoms with van der Waals surface area (Å²) in [7, 11) is 0. The van der Waals surface area contributed by atoms with Crippen molar-refractivity contribution in [1.82, 2.24) is 14.8 Å². The van der Waals surface area contributed by atoms with Crippen LogP contribution in [0.15, 0.2) is 52.6 Å². The second-order valence-electron chi connectivity index (χ2n) is 3.46. The SMILES string of the molecule is Brc1ccsc1-c1nncn1-c1ccccc1. The van der Waals surface area contributed by atoms with Gasteiger partial charge in [-0.25, -0.2) is 0 Å². The predicted molar refractivity (Wildman–Crippen MR) is 72.4 cm³/mol. The Morgan fingerprint density at radius 1 is 1.12 bits per heavy atom. The van der Waals surface area contributed by atoms with E-state index in [1.165, 1.54) is 0 Å². The fraction of sp³-hybridized carbons (Fsp3) is 0. The largest absolute Gasteiger partial charge is 0.281 e. The summed E-state index contributed by atoms with van der Waals surface area (Å²) >= 11 is 5.17. The normalized spacial score (nSPS) is 10.6. The molecular weight excluding hydrogens is 298 g/mol. The van der Waals surface area contributed by atoms with Crippen LogP contribution < -0.4 is 0 Å². The van der Waals surface area contributed by atoms with Crippen molar-refractivity contribution >= 4 is 27.3 Å². The number of hydrogen-bond acceptors (Lipinski definition) is 3. The summed E-state index contributed by atoms with van der Waals surface area (Å²) in [5.41, 5.74) is 1.06. The second-order valence-corrected chi connectivity index (χ2v) is 5.23. The number of benzene rings is 1. The monoisotopic (exact) mass is 305 g/mol. The highest BCUT2D eigenvalue weighted by Crippen LogP contribution is 2.32. The van der Waals surface area contributed by atoms with Gasteiger partial charge in [-0.1, -0.05) is 18.2 Å². The summed E-state index contributed by atoms with van der Waals surface area (Å²) < 4.78 is 3.03. The summed E-state index contributed by atoms with van der Waals surface area (Å²) in [5, 5.41) is 10.2. The van der Waals surface area contributed by atoms with Crippen molar-refractivity contribution in [3.63, 3.8) is 0 Å². The molecule has 0 aliphatic carbocycles. The van der Waals surface area contributed by atoms with Gasteiger partial charge in [0.1, 0.15) is 6.33 Å². The molecule has 0 amide bonds. The summed E-state index contributed by atoms with van der Waals surface area (Å²) in [5.74, 6) is 0.859. The van der Waals surface area contributed by atoms with Crippen LogP contribution in [0, 0.1) is 0 Å². The van der Waals surface area contributed by atoms with Crippen molar-refractivity contribution < 1.29 is 0 Å². The fourth-order valence-electron chi connectivity index (χ4n) is 1.62. The first kappa shape index (κ1) is 10.7. The summed E-state index contributed by atoms with van der Waals surface area (Å²) in [6.07, 6.45) is 1.73. The van der Waals surface area contributed by atoms with Gasteiger partial charge in [0, 0.05) is 10.2 Å². The van der Waals surface area contributed by atoms with Crippen LogP contribution in [0.2, 0.25) is 0 Å². The Morgan fingerprint density at radius 2 is 1.94 bits per heavy atom. The summed E-state index contributed by atoms with van der Waals surface area (Å²) in [6.45, 7) is 0. The van der Waals surface area contributed by atoms with Crippen LogP contribution in [0.5, 0.6) is 0 Å². The highest BCUT2D eigenvalue weighted by Gasteiger charge is 2.12. The molecule has 0 saturated heterocycles. The zero-order valence-electron chi connectivity index (χ0n) is 8.75. The van der Waals surface area contributed by atoms with Gasteiger partial charge >= 0.3 is 0 Å². The highest BCUT2D eigenvalue weighted by atomic mass is 79.9. The molecule has 0 bridgehead atoms. The minimum atomic E-state index is 0.859. The molecule has 3 rings (SSSR count). The van der Waals surface area contributed by atoms with Crippen LogP contribution in [0.4, 0.5) is 0 Å². The van der Waals surface area contributed by atoms with Gasteiger partial charge in [0.2, 0.25) is 0 Å². The Balaban J connectivity index is 2.16. The Kier molecular flexibility index (Phi) is 2.78. The van der Waals surface area contributed by atoms with Crippen molar-refractivity contribution in [2.45, 2.75) is 0 Å². The molecule has 2 aromatic heterocycles. The van der Waals surface area contributed by atoms with E-state index in [-0.39, 0.29) is 0 Å². The molecule has 0 aliphatic rings. The van der Waals surface area contributed by atoms with Gasteiger partial charge in [0.15, 0.2) is 5.82 Å². The van der Waals surface area contributed by atoms with Crippen molar-refractivity contribution in [2.24, 2.45) is 0 Å². The molecule has 2 heterocycles. The molecule has 84 valence electrons. The molecular formula is C12H8BrN3S. The Hall–Kier alpha value is -1.46. The van der Waals surface area contributed by atoms with Crippen molar-refractivity contribution in [3.8, 4) is 16.4 Å². The average molecular weight is 306 g/mol. The zero-order valence-corrected chi connectivity index (χ0v) is 11.1. The first-order valence-corrected chi connectivity index (χ1v) is 6.72. The molecule has 0 fully saturated rings. The van der Waals surface area contributed by atoms with E-state index in [1.54, 1.807) is 17.7 Å². The third kappa shape index (κ3) is 1.92. The summed E-state index contributed by atoms with van der Waals surface area (Å²) in [4.78, 5) is 1.09. The van der Waals surface area contributed by atoms with E-state index < -0.39 is 0 Å². The van der Waals surface area contributed by atoms with Gasteiger partial charge in [0.25, 0.3) is 0 Å². The van der Waals surface area contributed by atoms with E-state index in [2.05, 4.69) is 26.1 Å². The Labute approximate surface area is 111 Å². The molecule has 1 aromatic carbocycles. The lowest BCUT2D eigenvalue weighted by Crippen LogP contribution is -1.94. The van der Waals surface area contributed by atoms with Crippen molar-refractivity contribution in [2.75, 3.05) is 0 Å². The minimum Gasteiger partial charge on any atom is -0.281 e. The number of halogens is 1. The highest BCUT2D eigenvalue weighted by molar-refractivity contribution is 9.10. The van der Waals surface area contributed by atoms with E-state index >= 15 is 0 Å². The van der Waals surface area contributed by atoms with Crippen LogP contribution >= 0.6 is 27.3 Å². The topological polar surface area (TPSA) is 30.7 Å². The van der Waals surface area contributed by atoms with Gasteiger partial charge in [-0.3, -0.25) is 4.57 Å². The lowest BCUT2D eigenvalue weighted by Gasteiger charge is -2.04. The van der Waals surface area contributed by atoms with Crippen LogP contribution in [0.25, 0.3) is 16.4 Å². The van der Waals surface area contributed by atoms with Crippen LogP contribution in [0.1, 0.15) is 0 Å². The number of rotatable bonds is 2. The van der Waals surface area contributed by atoms with Gasteiger partial charge < -0.3 is 0 Å². The number of para-hydroxylation sites is 1. The average Bonchev–Trinajstić information content (AvgIpc) is 2.98. The molecule has 0 aliphatic heterocycles. The molecule has 0 saturated carbocycles. The molecule has 0 N–H and O–H groups in total. The lowest BCUT2D eigenvalue weighted by molar-refractivity contribution is 1.07. The molecule has 17 heavy (non-hydrogen) atoms. The first-order valence-electron chi connectivity index (χ1n) is 5.05. The second kappa shape index (κ2) is 4.43. The van der Waals surface area contributed by atoms with Crippen LogP contribution in [-0.4, -0.2) is 14.8 Å². The zero-order chi connectivity index (χ0) is 11.7. The molecule has 0 spiro atoms.